The van der Waals surface area contributed by atoms with Gasteiger partial charge in [-0.3, -0.25) is 9.59 Å². The van der Waals surface area contributed by atoms with Crippen LogP contribution in [0.3, 0.4) is 0 Å². The average Bonchev–Trinajstić information content (AvgIpc) is 2.88. The van der Waals surface area contributed by atoms with Gasteiger partial charge in [0, 0.05) is 25.9 Å². The summed E-state index contributed by atoms with van der Waals surface area (Å²) < 4.78 is 7.00. The van der Waals surface area contributed by atoms with E-state index in [1.807, 2.05) is 6.92 Å². The predicted octanol–water partition coefficient (Wildman–Crippen LogP) is 1.58. The Morgan fingerprint density at radius 2 is 2.11 bits per heavy atom. The number of carbonyl (C=O) groups excluding carboxylic acids is 1. The third-order valence-corrected chi connectivity index (χ3v) is 2.92. The van der Waals surface area contributed by atoms with E-state index in [-0.39, 0.29) is 11.5 Å². The quantitative estimate of drug-likeness (QED) is 0.838. The molecule has 0 saturated heterocycles. The molecule has 0 saturated carbocycles. The molecule has 0 unspecified atom stereocenters. The number of aromatic nitrogens is 1. The normalized spacial score (nSPS) is 10.4. The highest BCUT2D eigenvalue weighted by Gasteiger charge is 2.14. The van der Waals surface area contributed by atoms with Gasteiger partial charge < -0.3 is 13.9 Å². The molecule has 0 spiro atoms. The Morgan fingerprint density at radius 3 is 2.79 bits per heavy atom. The van der Waals surface area contributed by atoms with E-state index in [2.05, 4.69) is 0 Å². The zero-order valence-corrected chi connectivity index (χ0v) is 11.0. The summed E-state index contributed by atoms with van der Waals surface area (Å²) in [6.07, 6.45) is 1.69. The van der Waals surface area contributed by atoms with Gasteiger partial charge in [-0.05, 0) is 25.1 Å². The van der Waals surface area contributed by atoms with Crippen LogP contribution in [0, 0.1) is 0 Å². The molecule has 0 atom stereocenters. The fourth-order valence-corrected chi connectivity index (χ4v) is 1.67. The first kappa shape index (κ1) is 13.1. The van der Waals surface area contributed by atoms with Gasteiger partial charge in [0.1, 0.15) is 5.76 Å². The lowest BCUT2D eigenvalue weighted by atomic mass is 10.3. The highest BCUT2D eigenvalue weighted by molar-refractivity contribution is 5.91. The third-order valence-electron chi connectivity index (χ3n) is 2.92. The van der Waals surface area contributed by atoms with Crippen LogP contribution < -0.4 is 5.56 Å². The van der Waals surface area contributed by atoms with Crippen molar-refractivity contribution in [2.45, 2.75) is 13.5 Å². The lowest BCUT2D eigenvalue weighted by Gasteiger charge is -2.11. The van der Waals surface area contributed by atoms with Crippen LogP contribution in [0.5, 0.6) is 0 Å². The van der Waals surface area contributed by atoms with Crippen molar-refractivity contribution < 1.29 is 9.21 Å². The van der Waals surface area contributed by atoms with E-state index in [4.69, 9.17) is 4.42 Å². The van der Waals surface area contributed by atoms with Gasteiger partial charge in [-0.25, -0.2) is 0 Å². The van der Waals surface area contributed by atoms with Gasteiger partial charge in [0.05, 0.1) is 6.54 Å². The first-order chi connectivity index (χ1) is 9.11. The van der Waals surface area contributed by atoms with Crippen molar-refractivity contribution in [3.05, 3.63) is 58.4 Å². The number of rotatable bonds is 4. The summed E-state index contributed by atoms with van der Waals surface area (Å²) >= 11 is 0. The second kappa shape index (κ2) is 5.56. The predicted molar refractivity (Wildman–Crippen MR) is 71.1 cm³/mol. The molecule has 2 heterocycles. The van der Waals surface area contributed by atoms with Crippen molar-refractivity contribution >= 4 is 5.91 Å². The summed E-state index contributed by atoms with van der Waals surface area (Å²) in [6, 6.07) is 8.31. The van der Waals surface area contributed by atoms with Crippen LogP contribution in [-0.2, 0) is 6.54 Å². The second-order valence-corrected chi connectivity index (χ2v) is 4.25. The molecule has 0 aromatic carbocycles. The summed E-state index contributed by atoms with van der Waals surface area (Å²) in [5.41, 5.74) is -0.0996. The number of hydrogen-bond acceptors (Lipinski definition) is 3. The number of hydrogen-bond donors (Lipinski definition) is 0. The van der Waals surface area contributed by atoms with Gasteiger partial charge in [-0.2, -0.15) is 0 Å². The van der Waals surface area contributed by atoms with Crippen LogP contribution in [0.2, 0.25) is 0 Å². The van der Waals surface area contributed by atoms with Crippen LogP contribution in [0.25, 0.3) is 0 Å². The van der Waals surface area contributed by atoms with E-state index < -0.39 is 0 Å². The van der Waals surface area contributed by atoms with E-state index >= 15 is 0 Å². The molecule has 19 heavy (non-hydrogen) atoms. The van der Waals surface area contributed by atoms with Crippen molar-refractivity contribution in [3.8, 4) is 0 Å². The molecule has 5 heteroatoms. The summed E-state index contributed by atoms with van der Waals surface area (Å²) in [5, 5.41) is 0. The molecular weight excluding hydrogens is 244 g/mol. The highest BCUT2D eigenvalue weighted by atomic mass is 16.4. The molecule has 0 aliphatic carbocycles. The lowest BCUT2D eigenvalue weighted by molar-refractivity contribution is 0.0769. The number of nitrogens with zero attached hydrogens (tertiary/aromatic N) is 2. The smallest absolute Gasteiger partial charge is 0.289 e. The zero-order chi connectivity index (χ0) is 13.8. The Morgan fingerprint density at radius 1 is 1.32 bits per heavy atom. The van der Waals surface area contributed by atoms with Crippen LogP contribution in [0.1, 0.15) is 23.2 Å². The maximum absolute atomic E-state index is 11.9. The monoisotopic (exact) mass is 260 g/mol. The van der Waals surface area contributed by atoms with Crippen molar-refractivity contribution in [2.24, 2.45) is 0 Å². The van der Waals surface area contributed by atoms with Crippen LogP contribution in [0.15, 0.2) is 45.7 Å². The third kappa shape index (κ3) is 2.93. The lowest BCUT2D eigenvalue weighted by Crippen LogP contribution is -2.25. The molecule has 0 N–H and O–H groups in total. The SMILES string of the molecule is CCN(C)C(=O)c1ccc(Cn2ccccc2=O)o1. The molecule has 2 aromatic heterocycles. The molecule has 1 amide bonds. The van der Waals surface area contributed by atoms with Gasteiger partial charge in [0.25, 0.3) is 11.5 Å². The maximum Gasteiger partial charge on any atom is 0.289 e. The Balaban J connectivity index is 2.16. The molecule has 2 aromatic rings. The molecule has 100 valence electrons. The van der Waals surface area contributed by atoms with Crippen LogP contribution in [0.4, 0.5) is 0 Å². The Bertz CT molecular complexity index is 627. The molecule has 0 fully saturated rings. The molecule has 0 bridgehead atoms. The van der Waals surface area contributed by atoms with E-state index in [1.165, 1.54) is 10.6 Å². The summed E-state index contributed by atoms with van der Waals surface area (Å²) in [4.78, 5) is 25.0. The molecule has 0 radical (unpaired) electrons. The Kier molecular flexibility index (Phi) is 3.85. The largest absolute Gasteiger partial charge is 0.454 e. The van der Waals surface area contributed by atoms with Crippen molar-refractivity contribution in [3.63, 3.8) is 0 Å². The van der Waals surface area contributed by atoms with E-state index in [0.29, 0.717) is 24.6 Å². The minimum absolute atomic E-state index is 0.0996. The second-order valence-electron chi connectivity index (χ2n) is 4.25. The summed E-state index contributed by atoms with van der Waals surface area (Å²) in [6.45, 7) is 2.83. The Hall–Kier alpha value is -2.30. The molecule has 0 aliphatic rings. The molecule has 2 rings (SSSR count). The van der Waals surface area contributed by atoms with Gasteiger partial charge in [-0.15, -0.1) is 0 Å². The average molecular weight is 260 g/mol. The first-order valence-electron chi connectivity index (χ1n) is 6.11. The maximum atomic E-state index is 11.9. The molecular formula is C14H16N2O3. The van der Waals surface area contributed by atoms with Gasteiger partial charge >= 0.3 is 0 Å². The fraction of sp³-hybridized carbons (Fsp3) is 0.286. The van der Waals surface area contributed by atoms with Gasteiger partial charge in [0.15, 0.2) is 5.76 Å². The van der Waals surface area contributed by atoms with Gasteiger partial charge in [-0.1, -0.05) is 6.07 Å². The van der Waals surface area contributed by atoms with Gasteiger partial charge in [0.2, 0.25) is 0 Å². The minimum Gasteiger partial charge on any atom is -0.454 e. The van der Waals surface area contributed by atoms with Crippen molar-refractivity contribution in [1.82, 2.24) is 9.47 Å². The van der Waals surface area contributed by atoms with E-state index in [0.717, 1.165) is 0 Å². The fourth-order valence-electron chi connectivity index (χ4n) is 1.67. The van der Waals surface area contributed by atoms with Crippen molar-refractivity contribution in [2.75, 3.05) is 13.6 Å². The minimum atomic E-state index is -0.158. The molecule has 5 nitrogen and oxygen atoms in total. The standard InChI is InChI=1S/C14H16N2O3/c1-3-15(2)14(18)12-8-7-11(19-12)10-16-9-5-4-6-13(16)17/h4-9H,3,10H2,1-2H3. The van der Waals surface area contributed by atoms with E-state index in [1.54, 1.807) is 42.4 Å². The van der Waals surface area contributed by atoms with Crippen LogP contribution >= 0.6 is 0 Å². The molecule has 0 aliphatic heterocycles. The zero-order valence-electron chi connectivity index (χ0n) is 11.0. The summed E-state index contributed by atoms with van der Waals surface area (Å²) in [7, 11) is 1.71. The van der Waals surface area contributed by atoms with E-state index in [9.17, 15) is 9.59 Å². The van der Waals surface area contributed by atoms with Crippen molar-refractivity contribution in [1.29, 1.82) is 0 Å². The first-order valence-corrected chi connectivity index (χ1v) is 6.11. The Labute approximate surface area is 111 Å². The highest BCUT2D eigenvalue weighted by Crippen LogP contribution is 2.11. The summed E-state index contributed by atoms with van der Waals surface area (Å²) in [5.74, 6) is 0.721. The number of amides is 1. The number of furan rings is 1. The van der Waals surface area contributed by atoms with Crippen LogP contribution in [-0.4, -0.2) is 29.0 Å². The number of pyridine rings is 1. The topological polar surface area (TPSA) is 55.5 Å². The number of carbonyl (C=O) groups is 1.